The van der Waals surface area contributed by atoms with E-state index in [-0.39, 0.29) is 0 Å². The van der Waals surface area contributed by atoms with Gasteiger partial charge in [-0.15, -0.1) is 5.10 Å². The predicted molar refractivity (Wildman–Crippen MR) is 53.2 cm³/mol. The van der Waals surface area contributed by atoms with Crippen molar-refractivity contribution < 1.29 is 9.90 Å². The summed E-state index contributed by atoms with van der Waals surface area (Å²) in [7, 11) is 0. The van der Waals surface area contributed by atoms with Crippen LogP contribution in [-0.2, 0) is 4.79 Å². The van der Waals surface area contributed by atoms with Crippen LogP contribution in [0.1, 0.15) is 5.56 Å². The molecule has 1 aromatic heterocycles. The van der Waals surface area contributed by atoms with E-state index in [1.54, 1.807) is 18.2 Å². The fraction of sp³-hybridized carbons (Fsp3) is 0. The zero-order chi connectivity index (χ0) is 11.4. The van der Waals surface area contributed by atoms with Crippen LogP contribution in [0.15, 0.2) is 36.7 Å². The van der Waals surface area contributed by atoms with Gasteiger partial charge in [-0.3, -0.25) is 0 Å². The van der Waals surface area contributed by atoms with Crippen molar-refractivity contribution >= 4 is 12.0 Å². The van der Waals surface area contributed by atoms with Crippen molar-refractivity contribution in [2.75, 3.05) is 0 Å². The molecule has 0 saturated carbocycles. The molecule has 1 aromatic carbocycles. The number of aliphatic carboxylic acids is 1. The second kappa shape index (κ2) is 4.35. The van der Waals surface area contributed by atoms with Crippen LogP contribution in [0.2, 0.25) is 0 Å². The van der Waals surface area contributed by atoms with Gasteiger partial charge in [0.15, 0.2) is 0 Å². The van der Waals surface area contributed by atoms with E-state index in [1.807, 2.05) is 6.07 Å². The molecule has 0 spiro atoms. The van der Waals surface area contributed by atoms with Crippen LogP contribution in [-0.4, -0.2) is 26.2 Å². The maximum absolute atomic E-state index is 10.3. The van der Waals surface area contributed by atoms with Crippen LogP contribution < -0.4 is 5.11 Å². The Hall–Kier alpha value is -2.50. The molecule has 0 saturated heterocycles. The van der Waals surface area contributed by atoms with Crippen LogP contribution in [0.3, 0.4) is 0 Å². The largest absolute Gasteiger partial charge is 0.545 e. The molecule has 80 valence electrons. The van der Waals surface area contributed by atoms with Gasteiger partial charge in [-0.05, 0) is 34.2 Å². The first-order valence-corrected chi connectivity index (χ1v) is 4.48. The number of carboxylic acid groups (broad SMARTS) is 1. The molecule has 0 bridgehead atoms. The third-order valence-electron chi connectivity index (χ3n) is 1.90. The van der Waals surface area contributed by atoms with Crippen molar-refractivity contribution in [1.82, 2.24) is 20.2 Å². The Morgan fingerprint density at radius 1 is 1.44 bits per heavy atom. The minimum Gasteiger partial charge on any atom is -0.545 e. The minimum atomic E-state index is -1.23. The Kier molecular flexibility index (Phi) is 2.73. The van der Waals surface area contributed by atoms with E-state index in [0.717, 1.165) is 17.3 Å². The van der Waals surface area contributed by atoms with Crippen molar-refractivity contribution in [1.29, 1.82) is 0 Å². The molecule has 0 N–H and O–H groups in total. The lowest BCUT2D eigenvalue weighted by Crippen LogP contribution is -2.18. The number of benzene rings is 1. The van der Waals surface area contributed by atoms with Gasteiger partial charge in [-0.1, -0.05) is 18.2 Å². The van der Waals surface area contributed by atoms with Gasteiger partial charge >= 0.3 is 0 Å². The van der Waals surface area contributed by atoms with E-state index < -0.39 is 5.97 Å². The first kappa shape index (κ1) is 10.0. The summed E-state index contributed by atoms with van der Waals surface area (Å²) in [5.74, 6) is -1.23. The minimum absolute atomic E-state index is 0.734. The molecular weight excluding hydrogens is 208 g/mol. The summed E-state index contributed by atoms with van der Waals surface area (Å²) in [4.78, 5) is 10.3. The lowest BCUT2D eigenvalue weighted by Gasteiger charge is -2.00. The normalized spacial score (nSPS) is 10.8. The van der Waals surface area contributed by atoms with Gasteiger partial charge in [-0.2, -0.15) is 0 Å². The van der Waals surface area contributed by atoms with Gasteiger partial charge < -0.3 is 9.90 Å². The lowest BCUT2D eigenvalue weighted by molar-refractivity contribution is -0.297. The molecule has 0 aliphatic rings. The topological polar surface area (TPSA) is 83.7 Å². The molecule has 0 fully saturated rings. The quantitative estimate of drug-likeness (QED) is 0.640. The maximum atomic E-state index is 10.3. The monoisotopic (exact) mass is 215 g/mol. The van der Waals surface area contributed by atoms with Gasteiger partial charge in [0.2, 0.25) is 0 Å². The van der Waals surface area contributed by atoms with Crippen LogP contribution in [0.25, 0.3) is 11.8 Å². The lowest BCUT2D eigenvalue weighted by atomic mass is 10.2. The first-order valence-electron chi connectivity index (χ1n) is 4.48. The average Bonchev–Trinajstić information content (AvgIpc) is 2.80. The van der Waals surface area contributed by atoms with Crippen LogP contribution in [0, 0.1) is 0 Å². The summed E-state index contributed by atoms with van der Waals surface area (Å²) in [6.07, 6.45) is 3.88. The van der Waals surface area contributed by atoms with Crippen molar-refractivity contribution in [3.8, 4) is 5.69 Å². The molecule has 0 atom stereocenters. The molecule has 2 rings (SSSR count). The summed E-state index contributed by atoms with van der Waals surface area (Å²) in [5, 5.41) is 21.0. The number of rotatable bonds is 3. The Morgan fingerprint density at radius 3 is 3.00 bits per heavy atom. The van der Waals surface area contributed by atoms with E-state index in [0.29, 0.717) is 0 Å². The van der Waals surface area contributed by atoms with Crippen molar-refractivity contribution in [2.45, 2.75) is 0 Å². The number of nitrogens with zero attached hydrogens (tertiary/aromatic N) is 4. The van der Waals surface area contributed by atoms with Gasteiger partial charge in [0.05, 0.1) is 11.7 Å². The Bertz CT molecular complexity index is 519. The number of aromatic nitrogens is 4. The number of hydrogen-bond acceptors (Lipinski definition) is 5. The molecule has 0 radical (unpaired) electrons. The maximum Gasteiger partial charge on any atom is 0.143 e. The van der Waals surface area contributed by atoms with E-state index in [1.165, 1.54) is 17.1 Å². The third kappa shape index (κ3) is 2.30. The Balaban J connectivity index is 2.30. The van der Waals surface area contributed by atoms with Crippen molar-refractivity contribution in [3.05, 3.63) is 42.2 Å². The number of hydrogen-bond donors (Lipinski definition) is 0. The second-order valence-electron chi connectivity index (χ2n) is 3.00. The van der Waals surface area contributed by atoms with Crippen LogP contribution in [0.5, 0.6) is 0 Å². The van der Waals surface area contributed by atoms with E-state index >= 15 is 0 Å². The smallest absolute Gasteiger partial charge is 0.143 e. The van der Waals surface area contributed by atoms with E-state index in [2.05, 4.69) is 15.5 Å². The molecule has 6 nitrogen and oxygen atoms in total. The fourth-order valence-electron chi connectivity index (χ4n) is 1.21. The van der Waals surface area contributed by atoms with Gasteiger partial charge in [-0.25, -0.2) is 4.68 Å². The van der Waals surface area contributed by atoms with Gasteiger partial charge in [0.1, 0.15) is 6.33 Å². The van der Waals surface area contributed by atoms with Gasteiger partial charge in [0, 0.05) is 0 Å². The summed E-state index contributed by atoms with van der Waals surface area (Å²) < 4.78 is 1.48. The summed E-state index contributed by atoms with van der Waals surface area (Å²) in [6, 6.07) is 7.13. The molecule has 0 aliphatic heterocycles. The molecular formula is C10H7N4O2-. The number of carbonyl (C=O) groups is 1. The highest BCUT2D eigenvalue weighted by molar-refractivity contribution is 5.83. The molecule has 2 aromatic rings. The van der Waals surface area contributed by atoms with Gasteiger partial charge in [0.25, 0.3) is 0 Å². The summed E-state index contributed by atoms with van der Waals surface area (Å²) >= 11 is 0. The number of carbonyl (C=O) groups excluding carboxylic acids is 1. The molecule has 16 heavy (non-hydrogen) atoms. The predicted octanol–water partition coefficient (Wildman–Crippen LogP) is -0.575. The molecule has 0 unspecified atom stereocenters. The molecule has 6 heteroatoms. The fourth-order valence-corrected chi connectivity index (χ4v) is 1.21. The summed E-state index contributed by atoms with van der Waals surface area (Å²) in [5.41, 5.74) is 1.49. The highest BCUT2D eigenvalue weighted by Crippen LogP contribution is 2.09. The highest BCUT2D eigenvalue weighted by atomic mass is 16.4. The summed E-state index contributed by atoms with van der Waals surface area (Å²) in [6.45, 7) is 0. The SMILES string of the molecule is O=C([O-])/C=C/c1cccc(-n2cnnn2)c1. The zero-order valence-electron chi connectivity index (χ0n) is 8.15. The number of carboxylic acids is 1. The third-order valence-corrected chi connectivity index (χ3v) is 1.90. The molecule has 0 aliphatic carbocycles. The highest BCUT2D eigenvalue weighted by Gasteiger charge is 1.97. The Labute approximate surface area is 90.8 Å². The average molecular weight is 215 g/mol. The second-order valence-corrected chi connectivity index (χ2v) is 3.00. The van der Waals surface area contributed by atoms with E-state index in [4.69, 9.17) is 0 Å². The van der Waals surface area contributed by atoms with Crippen molar-refractivity contribution in [3.63, 3.8) is 0 Å². The van der Waals surface area contributed by atoms with Crippen LogP contribution >= 0.6 is 0 Å². The van der Waals surface area contributed by atoms with Crippen LogP contribution in [0.4, 0.5) is 0 Å². The molecule has 0 amide bonds. The number of tetrazole rings is 1. The first-order chi connectivity index (χ1) is 7.75. The Morgan fingerprint density at radius 2 is 2.31 bits per heavy atom. The standard InChI is InChI=1S/C10H8N4O2/c15-10(16)5-4-8-2-1-3-9(6-8)14-7-11-12-13-14/h1-7H,(H,15,16)/p-1/b5-4+. The van der Waals surface area contributed by atoms with E-state index in [9.17, 15) is 9.90 Å². The molecule has 1 heterocycles. The zero-order valence-corrected chi connectivity index (χ0v) is 8.15. The van der Waals surface area contributed by atoms with Crippen molar-refractivity contribution in [2.24, 2.45) is 0 Å².